The molecule has 0 spiro atoms. The molecule has 0 aliphatic rings. The molecule has 0 atom stereocenters. The van der Waals surface area contributed by atoms with Crippen LogP contribution in [0.4, 0.5) is 0 Å². The predicted molar refractivity (Wildman–Crippen MR) is 79.5 cm³/mol. The van der Waals surface area contributed by atoms with E-state index in [1.807, 2.05) is 31.2 Å². The molecule has 0 unspecified atom stereocenters. The van der Waals surface area contributed by atoms with Gasteiger partial charge in [-0.25, -0.2) is 8.42 Å². The number of hydrogen-bond acceptors (Lipinski definition) is 5. The van der Waals surface area contributed by atoms with Crippen molar-refractivity contribution >= 4 is 9.84 Å². The lowest BCUT2D eigenvalue weighted by Crippen LogP contribution is -2.31. The third kappa shape index (κ3) is 3.48. The maximum atomic E-state index is 12.3. The van der Waals surface area contributed by atoms with Crippen LogP contribution in [0.3, 0.4) is 0 Å². The highest BCUT2D eigenvalue weighted by atomic mass is 32.2. The Balaban J connectivity index is 2.47. The Bertz CT molecular complexity index is 758. The molecule has 21 heavy (non-hydrogen) atoms. The van der Waals surface area contributed by atoms with Crippen LogP contribution in [-0.2, 0) is 16.9 Å². The second-order valence-electron chi connectivity index (χ2n) is 5.81. The molecule has 1 aromatic carbocycles. The van der Waals surface area contributed by atoms with Crippen molar-refractivity contribution in [3.63, 3.8) is 0 Å². The number of rotatable bonds is 4. The summed E-state index contributed by atoms with van der Waals surface area (Å²) < 4.78 is 26.0. The molecule has 0 saturated carbocycles. The number of nitrogens with zero attached hydrogens (tertiary/aromatic N) is 3. The zero-order valence-electron chi connectivity index (χ0n) is 12.5. The maximum Gasteiger partial charge on any atom is 0.249 e. The summed E-state index contributed by atoms with van der Waals surface area (Å²) in [5.41, 5.74) is 0.528. The lowest BCUT2D eigenvalue weighted by molar-refractivity contribution is 0.105. The summed E-state index contributed by atoms with van der Waals surface area (Å²) in [6, 6.07) is 7.59. The van der Waals surface area contributed by atoms with Crippen LogP contribution in [0.2, 0.25) is 0 Å². The van der Waals surface area contributed by atoms with Gasteiger partial charge in [0.25, 0.3) is 0 Å². The molecular formula is C14H19N3O3S. The first-order valence-electron chi connectivity index (χ1n) is 6.52. The van der Waals surface area contributed by atoms with Gasteiger partial charge in [-0.1, -0.05) is 23.8 Å². The molecule has 6 nitrogen and oxygen atoms in total. The van der Waals surface area contributed by atoms with Gasteiger partial charge in [-0.3, -0.25) is 0 Å². The van der Waals surface area contributed by atoms with Crippen LogP contribution in [0, 0.1) is 6.92 Å². The van der Waals surface area contributed by atoms with Crippen molar-refractivity contribution < 1.29 is 13.5 Å². The highest BCUT2D eigenvalue weighted by Crippen LogP contribution is 2.22. The number of aryl methyl sites for hydroxylation is 1. The number of aromatic nitrogens is 3. The first-order chi connectivity index (χ1) is 9.60. The highest BCUT2D eigenvalue weighted by Gasteiger charge is 2.30. The van der Waals surface area contributed by atoms with Crippen molar-refractivity contribution in [3.8, 4) is 11.4 Å². The molecule has 0 saturated heterocycles. The van der Waals surface area contributed by atoms with Crippen molar-refractivity contribution in [2.24, 2.45) is 7.05 Å². The molecule has 1 N–H and O–H groups in total. The summed E-state index contributed by atoms with van der Waals surface area (Å²) in [5, 5.41) is 17.4. The second-order valence-corrected chi connectivity index (χ2v) is 7.69. The fourth-order valence-corrected chi connectivity index (χ4v) is 3.88. The van der Waals surface area contributed by atoms with Gasteiger partial charge in [-0.15, -0.1) is 10.2 Å². The van der Waals surface area contributed by atoms with Gasteiger partial charge in [0.15, 0.2) is 5.82 Å². The Hall–Kier alpha value is -1.73. The van der Waals surface area contributed by atoms with E-state index in [1.54, 1.807) is 7.05 Å². The van der Waals surface area contributed by atoms with Crippen molar-refractivity contribution in [1.29, 1.82) is 0 Å². The largest absolute Gasteiger partial charge is 0.389 e. The Labute approximate surface area is 124 Å². The van der Waals surface area contributed by atoms with E-state index in [-0.39, 0.29) is 5.16 Å². The minimum atomic E-state index is -3.71. The molecule has 114 valence electrons. The number of hydrogen-bond donors (Lipinski definition) is 1. The standard InChI is InChI=1S/C14H19N3O3S/c1-10-6-5-7-11(8-10)12-15-16-13(17(12)4)21(19,20)9-14(2,3)18/h5-8,18H,9H2,1-4H3. The molecule has 1 heterocycles. The monoisotopic (exact) mass is 309 g/mol. The zero-order chi connectivity index (χ0) is 15.8. The van der Waals surface area contributed by atoms with Crippen LogP contribution in [0.15, 0.2) is 29.4 Å². The van der Waals surface area contributed by atoms with Gasteiger partial charge in [0.2, 0.25) is 15.0 Å². The molecule has 0 amide bonds. The quantitative estimate of drug-likeness (QED) is 0.921. The van der Waals surface area contributed by atoms with Gasteiger partial charge >= 0.3 is 0 Å². The first-order valence-corrected chi connectivity index (χ1v) is 8.17. The molecular weight excluding hydrogens is 290 g/mol. The smallest absolute Gasteiger partial charge is 0.249 e. The van der Waals surface area contributed by atoms with Gasteiger partial charge in [-0.2, -0.15) is 0 Å². The van der Waals surface area contributed by atoms with E-state index in [0.717, 1.165) is 11.1 Å². The second kappa shape index (κ2) is 5.23. The summed E-state index contributed by atoms with van der Waals surface area (Å²) in [5.74, 6) is 0.0767. The lowest BCUT2D eigenvalue weighted by atomic mass is 10.1. The van der Waals surface area contributed by atoms with E-state index >= 15 is 0 Å². The Morgan fingerprint density at radius 2 is 1.95 bits per heavy atom. The van der Waals surface area contributed by atoms with Crippen molar-refractivity contribution in [3.05, 3.63) is 29.8 Å². The van der Waals surface area contributed by atoms with Crippen molar-refractivity contribution in [2.45, 2.75) is 31.5 Å². The minimum absolute atomic E-state index is 0.138. The number of benzene rings is 1. The van der Waals surface area contributed by atoms with Crippen molar-refractivity contribution in [1.82, 2.24) is 14.8 Å². The molecule has 1 aromatic heterocycles. The average molecular weight is 309 g/mol. The number of aliphatic hydroxyl groups is 1. The van der Waals surface area contributed by atoms with Crippen LogP contribution in [0.1, 0.15) is 19.4 Å². The van der Waals surface area contributed by atoms with E-state index in [4.69, 9.17) is 0 Å². The van der Waals surface area contributed by atoms with E-state index in [0.29, 0.717) is 5.82 Å². The first kappa shape index (κ1) is 15.7. The third-order valence-electron chi connectivity index (χ3n) is 2.93. The molecule has 2 rings (SSSR count). The normalized spacial score (nSPS) is 12.6. The van der Waals surface area contributed by atoms with Crippen LogP contribution in [-0.4, -0.2) is 39.6 Å². The molecule has 0 bridgehead atoms. The Kier molecular flexibility index (Phi) is 3.90. The summed E-state index contributed by atoms with van der Waals surface area (Å²) in [6.45, 7) is 4.84. The van der Waals surface area contributed by atoms with E-state index in [9.17, 15) is 13.5 Å². The highest BCUT2D eigenvalue weighted by molar-refractivity contribution is 7.91. The van der Waals surface area contributed by atoms with Crippen LogP contribution >= 0.6 is 0 Å². The summed E-state index contributed by atoms with van der Waals surface area (Å²) >= 11 is 0. The van der Waals surface area contributed by atoms with E-state index in [1.165, 1.54) is 18.4 Å². The van der Waals surface area contributed by atoms with Gasteiger partial charge in [0, 0.05) is 12.6 Å². The van der Waals surface area contributed by atoms with E-state index in [2.05, 4.69) is 10.2 Å². The van der Waals surface area contributed by atoms with Gasteiger partial charge in [0.05, 0.1) is 11.4 Å². The molecule has 0 fully saturated rings. The Morgan fingerprint density at radius 3 is 2.52 bits per heavy atom. The molecule has 0 aliphatic carbocycles. The Morgan fingerprint density at radius 1 is 1.29 bits per heavy atom. The zero-order valence-corrected chi connectivity index (χ0v) is 13.3. The van der Waals surface area contributed by atoms with Gasteiger partial charge in [-0.05, 0) is 26.8 Å². The number of sulfone groups is 1. The average Bonchev–Trinajstić information content (AvgIpc) is 2.68. The topological polar surface area (TPSA) is 85.1 Å². The molecule has 0 aliphatic heterocycles. The molecule has 0 radical (unpaired) electrons. The minimum Gasteiger partial charge on any atom is -0.389 e. The third-order valence-corrected chi connectivity index (χ3v) is 4.93. The SMILES string of the molecule is Cc1cccc(-c2nnc(S(=O)(=O)CC(C)(C)O)n2C)c1. The van der Waals surface area contributed by atoms with Crippen LogP contribution < -0.4 is 0 Å². The van der Waals surface area contributed by atoms with Crippen LogP contribution in [0.25, 0.3) is 11.4 Å². The lowest BCUT2D eigenvalue weighted by Gasteiger charge is -2.16. The summed E-state index contributed by atoms with van der Waals surface area (Å²) in [4.78, 5) is 0. The summed E-state index contributed by atoms with van der Waals surface area (Å²) in [7, 11) is -2.10. The van der Waals surface area contributed by atoms with Gasteiger partial charge in [0.1, 0.15) is 0 Å². The molecule has 7 heteroatoms. The summed E-state index contributed by atoms with van der Waals surface area (Å²) in [6.07, 6.45) is 0. The fraction of sp³-hybridized carbons (Fsp3) is 0.429. The fourth-order valence-electron chi connectivity index (χ4n) is 2.15. The predicted octanol–water partition coefficient (Wildman–Crippen LogP) is 1.34. The van der Waals surface area contributed by atoms with Crippen LogP contribution in [0.5, 0.6) is 0 Å². The maximum absolute atomic E-state index is 12.3. The van der Waals surface area contributed by atoms with Gasteiger partial charge < -0.3 is 9.67 Å². The molecule has 2 aromatic rings. The van der Waals surface area contributed by atoms with Crippen molar-refractivity contribution in [2.75, 3.05) is 5.75 Å². The van der Waals surface area contributed by atoms with E-state index < -0.39 is 21.2 Å².